The summed E-state index contributed by atoms with van der Waals surface area (Å²) in [4.78, 5) is 51.1. The Morgan fingerprint density at radius 3 is 2.44 bits per heavy atom. The number of thioether (sulfide) groups is 1. The van der Waals surface area contributed by atoms with Gasteiger partial charge in [-0.2, -0.15) is 13.2 Å². The van der Waals surface area contributed by atoms with E-state index in [-0.39, 0.29) is 41.1 Å². The minimum atomic E-state index is -4.43. The second-order valence-corrected chi connectivity index (χ2v) is 8.89. The molecule has 5 amide bonds. The van der Waals surface area contributed by atoms with E-state index >= 15 is 0 Å². The van der Waals surface area contributed by atoms with E-state index < -0.39 is 35.4 Å². The Morgan fingerprint density at radius 2 is 1.76 bits per heavy atom. The van der Waals surface area contributed by atoms with Crippen molar-refractivity contribution in [2.75, 3.05) is 5.32 Å². The second-order valence-electron chi connectivity index (χ2n) is 7.76. The largest absolute Gasteiger partial charge is 0.446 e. The lowest BCUT2D eigenvalue weighted by Gasteiger charge is -2.33. The second kappa shape index (κ2) is 9.47. The highest BCUT2D eigenvalue weighted by Gasteiger charge is 2.43. The van der Waals surface area contributed by atoms with Crippen LogP contribution in [0.2, 0.25) is 0 Å². The third-order valence-electron chi connectivity index (χ3n) is 5.48. The summed E-state index contributed by atoms with van der Waals surface area (Å²) < 4.78 is 37.4. The van der Waals surface area contributed by atoms with Crippen molar-refractivity contribution in [1.82, 2.24) is 15.5 Å². The number of hydrogen-bond acceptors (Lipinski definition) is 6. The van der Waals surface area contributed by atoms with Crippen molar-refractivity contribution in [1.29, 1.82) is 0 Å². The van der Waals surface area contributed by atoms with E-state index in [0.29, 0.717) is 12.1 Å². The number of halogens is 3. The molecule has 12 heteroatoms. The summed E-state index contributed by atoms with van der Waals surface area (Å²) in [5.41, 5.74) is -2.76. The Balaban J connectivity index is 1.46. The molecule has 2 heterocycles. The molecule has 4 rings (SSSR count). The summed E-state index contributed by atoms with van der Waals surface area (Å²) in [5.74, 6) is -1.54. The predicted molar refractivity (Wildman–Crippen MR) is 116 cm³/mol. The molecule has 0 aromatic heterocycles. The molecule has 3 N–H and O–H groups in total. The first kappa shape index (κ1) is 23.8. The standard InChI is InChI=1S/C22H19F3N4O4S/c23-22(24,25)34-14-7-5-13(6-8-14)26-21(33)28-20(32)18-15-4-2-1-3-12(15)11-29(18)16-9-10-17(30)27-19(16)31/h1-8,16,18H,9-11H2,(H,27,30,31)(H2,26,28,32,33). The normalized spacial score (nSPS) is 20.4. The smallest absolute Gasteiger partial charge is 0.308 e. The molecule has 2 aromatic rings. The Hall–Kier alpha value is -3.38. The van der Waals surface area contributed by atoms with E-state index in [9.17, 15) is 32.3 Å². The van der Waals surface area contributed by atoms with E-state index in [1.807, 2.05) is 6.07 Å². The Labute approximate surface area is 196 Å². The number of piperidine rings is 1. The number of benzene rings is 2. The van der Waals surface area contributed by atoms with Crippen LogP contribution in [-0.4, -0.2) is 40.2 Å². The lowest BCUT2D eigenvalue weighted by atomic mass is 10.0. The number of imide groups is 2. The van der Waals surface area contributed by atoms with E-state index in [4.69, 9.17) is 0 Å². The maximum Gasteiger partial charge on any atom is 0.446 e. The number of urea groups is 1. The average molecular weight is 492 g/mol. The van der Waals surface area contributed by atoms with Crippen molar-refractivity contribution < 1.29 is 32.3 Å². The zero-order valence-corrected chi connectivity index (χ0v) is 18.3. The molecule has 0 radical (unpaired) electrons. The lowest BCUT2D eigenvalue weighted by Crippen LogP contribution is -2.54. The monoisotopic (exact) mass is 492 g/mol. The average Bonchev–Trinajstić information content (AvgIpc) is 3.13. The Morgan fingerprint density at radius 1 is 1.06 bits per heavy atom. The Kier molecular flexibility index (Phi) is 6.62. The van der Waals surface area contributed by atoms with Gasteiger partial charge in [-0.25, -0.2) is 4.79 Å². The highest BCUT2D eigenvalue weighted by atomic mass is 32.2. The van der Waals surface area contributed by atoms with Gasteiger partial charge in [0, 0.05) is 23.5 Å². The van der Waals surface area contributed by atoms with Gasteiger partial charge in [0.15, 0.2) is 0 Å². The van der Waals surface area contributed by atoms with Gasteiger partial charge in [0.25, 0.3) is 0 Å². The van der Waals surface area contributed by atoms with Crippen LogP contribution in [0.4, 0.5) is 23.7 Å². The van der Waals surface area contributed by atoms with Crippen LogP contribution in [-0.2, 0) is 20.9 Å². The number of anilines is 1. The number of carbonyl (C=O) groups is 4. The SMILES string of the molecule is O=C1CCC(N2Cc3ccccc3C2C(=O)NC(=O)Nc2ccc(SC(F)(F)F)cc2)C(=O)N1. The third kappa shape index (κ3) is 5.39. The molecule has 34 heavy (non-hydrogen) atoms. The van der Waals surface area contributed by atoms with Crippen molar-refractivity contribution in [3.63, 3.8) is 0 Å². The van der Waals surface area contributed by atoms with E-state index in [2.05, 4.69) is 16.0 Å². The van der Waals surface area contributed by atoms with E-state index in [1.165, 1.54) is 24.3 Å². The molecule has 2 aromatic carbocycles. The summed E-state index contributed by atoms with van der Waals surface area (Å²) in [5, 5.41) is 6.94. The fraction of sp³-hybridized carbons (Fsp3) is 0.273. The van der Waals surface area contributed by atoms with Crippen LogP contribution >= 0.6 is 11.8 Å². The molecule has 0 aliphatic carbocycles. The summed E-state index contributed by atoms with van der Waals surface area (Å²) >= 11 is -0.278. The number of nitrogens with zero attached hydrogens (tertiary/aromatic N) is 1. The topological polar surface area (TPSA) is 108 Å². The zero-order valence-electron chi connectivity index (χ0n) is 17.5. The van der Waals surface area contributed by atoms with Gasteiger partial charge in [0.1, 0.15) is 6.04 Å². The number of amides is 5. The third-order valence-corrected chi connectivity index (χ3v) is 6.21. The molecule has 1 fully saturated rings. The van der Waals surface area contributed by atoms with Gasteiger partial charge in [-0.1, -0.05) is 24.3 Å². The van der Waals surface area contributed by atoms with Crippen LogP contribution < -0.4 is 16.0 Å². The van der Waals surface area contributed by atoms with E-state index in [1.54, 1.807) is 23.1 Å². The molecule has 0 bridgehead atoms. The fourth-order valence-corrected chi connectivity index (χ4v) is 4.61. The minimum absolute atomic E-state index is 0.0445. The van der Waals surface area contributed by atoms with Crippen LogP contribution in [0.1, 0.15) is 30.0 Å². The number of fused-ring (bicyclic) bond motifs is 1. The summed E-state index contributed by atoms with van der Waals surface area (Å²) in [6.07, 6.45) is 0.387. The van der Waals surface area contributed by atoms with Crippen molar-refractivity contribution in [2.24, 2.45) is 0 Å². The summed E-state index contributed by atoms with van der Waals surface area (Å²) in [6, 6.07) is 9.57. The van der Waals surface area contributed by atoms with Crippen molar-refractivity contribution in [3.8, 4) is 0 Å². The molecule has 2 atom stereocenters. The lowest BCUT2D eigenvalue weighted by molar-refractivity contribution is -0.139. The van der Waals surface area contributed by atoms with E-state index in [0.717, 1.165) is 5.56 Å². The zero-order chi connectivity index (χ0) is 24.5. The molecule has 2 unspecified atom stereocenters. The van der Waals surface area contributed by atoms with Gasteiger partial charge in [-0.15, -0.1) is 0 Å². The minimum Gasteiger partial charge on any atom is -0.308 e. The fourth-order valence-electron chi connectivity index (χ4n) is 4.07. The molecule has 0 spiro atoms. The first-order valence-corrected chi connectivity index (χ1v) is 11.1. The molecular formula is C22H19F3N4O4S. The van der Waals surface area contributed by atoms with Crippen LogP contribution in [0.5, 0.6) is 0 Å². The van der Waals surface area contributed by atoms with Crippen molar-refractivity contribution >= 4 is 41.2 Å². The van der Waals surface area contributed by atoms with Gasteiger partial charge >= 0.3 is 11.5 Å². The molecule has 2 aliphatic rings. The van der Waals surface area contributed by atoms with Crippen LogP contribution in [0, 0.1) is 0 Å². The maximum absolute atomic E-state index is 13.1. The van der Waals surface area contributed by atoms with Crippen LogP contribution in [0.3, 0.4) is 0 Å². The summed E-state index contributed by atoms with van der Waals surface area (Å²) in [7, 11) is 0. The molecule has 2 aliphatic heterocycles. The van der Waals surface area contributed by atoms with Crippen molar-refractivity contribution in [3.05, 3.63) is 59.7 Å². The highest BCUT2D eigenvalue weighted by molar-refractivity contribution is 8.00. The molecule has 0 saturated carbocycles. The number of rotatable bonds is 4. The van der Waals surface area contributed by atoms with Crippen LogP contribution in [0.15, 0.2) is 53.4 Å². The number of nitrogens with one attached hydrogen (secondary N) is 3. The summed E-state index contributed by atoms with van der Waals surface area (Å²) in [6.45, 7) is 0.292. The van der Waals surface area contributed by atoms with Gasteiger partial charge in [0.05, 0.1) is 6.04 Å². The molecule has 8 nitrogen and oxygen atoms in total. The van der Waals surface area contributed by atoms with Crippen LogP contribution in [0.25, 0.3) is 0 Å². The first-order chi connectivity index (χ1) is 16.1. The van der Waals surface area contributed by atoms with Gasteiger partial charge in [-0.05, 0) is 53.6 Å². The predicted octanol–water partition coefficient (Wildman–Crippen LogP) is 3.31. The number of alkyl halides is 3. The van der Waals surface area contributed by atoms with Crippen molar-refractivity contribution in [2.45, 2.75) is 41.9 Å². The van der Waals surface area contributed by atoms with Gasteiger partial charge in [0.2, 0.25) is 17.7 Å². The highest BCUT2D eigenvalue weighted by Crippen LogP contribution is 2.38. The molecule has 178 valence electrons. The molecular weight excluding hydrogens is 473 g/mol. The Bertz CT molecular complexity index is 1140. The maximum atomic E-state index is 13.1. The number of hydrogen-bond donors (Lipinski definition) is 3. The molecule has 1 saturated heterocycles. The quantitative estimate of drug-likeness (QED) is 0.447. The van der Waals surface area contributed by atoms with Gasteiger partial charge < -0.3 is 5.32 Å². The first-order valence-electron chi connectivity index (χ1n) is 10.3. The number of carbonyl (C=O) groups excluding carboxylic acids is 4. The van der Waals surface area contributed by atoms with Gasteiger partial charge in [-0.3, -0.25) is 29.9 Å².